The molecular formula is C20H22N6O2. The zero-order valence-electron chi connectivity index (χ0n) is 15.8. The third kappa shape index (κ3) is 2.80. The summed E-state index contributed by atoms with van der Waals surface area (Å²) in [6.07, 6.45) is 8.24. The number of fused-ring (bicyclic) bond motifs is 2. The first-order valence-corrected chi connectivity index (χ1v) is 9.61. The molecule has 4 aromatic rings. The molecule has 0 unspecified atom stereocenters. The first kappa shape index (κ1) is 17.1. The van der Waals surface area contributed by atoms with Crippen molar-refractivity contribution >= 4 is 22.2 Å². The van der Waals surface area contributed by atoms with Gasteiger partial charge in [0.15, 0.2) is 5.65 Å². The molecule has 0 amide bonds. The first-order chi connectivity index (χ1) is 13.8. The smallest absolute Gasteiger partial charge is 0.329 e. The third-order valence-corrected chi connectivity index (χ3v) is 5.31. The molecule has 1 fully saturated rings. The van der Waals surface area contributed by atoms with E-state index < -0.39 is 0 Å². The highest BCUT2D eigenvalue weighted by atomic mass is 16.5. The number of aromatic nitrogens is 6. The van der Waals surface area contributed by atoms with E-state index in [4.69, 9.17) is 9.72 Å². The van der Waals surface area contributed by atoms with E-state index in [1.54, 1.807) is 30.3 Å². The Bertz CT molecular complexity index is 1200. The van der Waals surface area contributed by atoms with Crippen molar-refractivity contribution in [2.75, 3.05) is 13.7 Å². The molecule has 0 aromatic carbocycles. The standard InChI is InChI=1S/C20H22N6O2/c1-28-11-3-10-24-16-4-2-8-22-19(16)23-18(24)13-25-17-12-21-9-7-15(17)26(20(25)27)14-5-6-14/h2,4,7-9,12,14H,3,5-6,10-11,13H2,1H3. The van der Waals surface area contributed by atoms with Crippen LogP contribution in [0.4, 0.5) is 0 Å². The molecule has 8 nitrogen and oxygen atoms in total. The Balaban J connectivity index is 1.62. The lowest BCUT2D eigenvalue weighted by atomic mass is 10.3. The summed E-state index contributed by atoms with van der Waals surface area (Å²) in [5, 5.41) is 0. The van der Waals surface area contributed by atoms with E-state index >= 15 is 0 Å². The monoisotopic (exact) mass is 378 g/mol. The number of hydrogen-bond donors (Lipinski definition) is 0. The van der Waals surface area contributed by atoms with Crippen molar-refractivity contribution < 1.29 is 4.74 Å². The lowest BCUT2D eigenvalue weighted by Crippen LogP contribution is -2.25. The van der Waals surface area contributed by atoms with E-state index in [9.17, 15) is 4.79 Å². The lowest BCUT2D eigenvalue weighted by Gasteiger charge is -2.09. The molecule has 144 valence electrons. The van der Waals surface area contributed by atoms with Crippen LogP contribution in [-0.4, -0.2) is 42.4 Å². The van der Waals surface area contributed by atoms with Crippen molar-refractivity contribution in [2.45, 2.75) is 38.4 Å². The third-order valence-electron chi connectivity index (χ3n) is 5.31. The van der Waals surface area contributed by atoms with E-state index in [2.05, 4.69) is 14.5 Å². The van der Waals surface area contributed by atoms with Crippen LogP contribution in [0.15, 0.2) is 41.6 Å². The van der Waals surface area contributed by atoms with Gasteiger partial charge >= 0.3 is 5.69 Å². The maximum atomic E-state index is 13.2. The molecule has 1 saturated carbocycles. The number of rotatable bonds is 7. The Morgan fingerprint density at radius 3 is 2.86 bits per heavy atom. The summed E-state index contributed by atoms with van der Waals surface area (Å²) in [5.74, 6) is 0.825. The van der Waals surface area contributed by atoms with E-state index in [-0.39, 0.29) is 5.69 Å². The van der Waals surface area contributed by atoms with Gasteiger partial charge in [-0.3, -0.25) is 14.1 Å². The minimum Gasteiger partial charge on any atom is -0.385 e. The predicted molar refractivity (Wildman–Crippen MR) is 105 cm³/mol. The van der Waals surface area contributed by atoms with Gasteiger partial charge in [0.1, 0.15) is 5.82 Å². The molecule has 0 atom stereocenters. The van der Waals surface area contributed by atoms with Gasteiger partial charge in [-0.1, -0.05) is 0 Å². The van der Waals surface area contributed by atoms with Crippen LogP contribution in [0, 0.1) is 0 Å². The number of methoxy groups -OCH3 is 1. The van der Waals surface area contributed by atoms with Crippen LogP contribution in [0.2, 0.25) is 0 Å². The zero-order valence-corrected chi connectivity index (χ0v) is 15.8. The maximum Gasteiger partial charge on any atom is 0.329 e. The maximum absolute atomic E-state index is 13.2. The average Bonchev–Trinajstić information content (AvgIpc) is 3.43. The van der Waals surface area contributed by atoms with Crippen molar-refractivity contribution in [1.82, 2.24) is 28.7 Å². The normalized spacial score (nSPS) is 14.3. The van der Waals surface area contributed by atoms with Gasteiger partial charge in [0.05, 0.1) is 29.3 Å². The molecule has 5 rings (SSSR count). The molecule has 0 N–H and O–H groups in total. The van der Waals surface area contributed by atoms with Crippen LogP contribution < -0.4 is 5.69 Å². The number of hydrogen-bond acceptors (Lipinski definition) is 5. The summed E-state index contributed by atoms with van der Waals surface area (Å²) in [6, 6.07) is 6.16. The van der Waals surface area contributed by atoms with Gasteiger partial charge in [0, 0.05) is 38.7 Å². The Kier molecular flexibility index (Phi) is 4.20. The largest absolute Gasteiger partial charge is 0.385 e. The summed E-state index contributed by atoms with van der Waals surface area (Å²) in [6.45, 7) is 1.83. The Hall–Kier alpha value is -3.00. The topological polar surface area (TPSA) is 79.8 Å². The Morgan fingerprint density at radius 1 is 1.14 bits per heavy atom. The second-order valence-corrected chi connectivity index (χ2v) is 7.21. The summed E-state index contributed by atoms with van der Waals surface area (Å²) in [7, 11) is 1.70. The molecule has 28 heavy (non-hydrogen) atoms. The van der Waals surface area contributed by atoms with Gasteiger partial charge in [-0.15, -0.1) is 0 Å². The number of ether oxygens (including phenoxy) is 1. The van der Waals surface area contributed by atoms with Crippen LogP contribution in [0.1, 0.15) is 31.1 Å². The second-order valence-electron chi connectivity index (χ2n) is 7.21. The number of nitrogens with zero attached hydrogens (tertiary/aromatic N) is 6. The summed E-state index contributed by atoms with van der Waals surface area (Å²) >= 11 is 0. The first-order valence-electron chi connectivity index (χ1n) is 9.61. The minimum atomic E-state index is 0.00829. The fourth-order valence-electron chi connectivity index (χ4n) is 3.85. The van der Waals surface area contributed by atoms with Gasteiger partial charge in [-0.05, 0) is 37.5 Å². The SMILES string of the molecule is COCCCn1c(Cn2c(=O)n(C3CC3)c3ccncc32)nc2ncccc21. The molecule has 0 bridgehead atoms. The molecule has 0 spiro atoms. The zero-order chi connectivity index (χ0) is 19.1. The van der Waals surface area contributed by atoms with Gasteiger partial charge in [-0.25, -0.2) is 14.8 Å². The van der Waals surface area contributed by atoms with Crippen molar-refractivity contribution in [2.24, 2.45) is 0 Å². The lowest BCUT2D eigenvalue weighted by molar-refractivity contribution is 0.190. The fraction of sp³-hybridized carbons (Fsp3) is 0.400. The van der Waals surface area contributed by atoms with Crippen LogP contribution in [0.3, 0.4) is 0 Å². The molecule has 4 heterocycles. The molecule has 0 aliphatic heterocycles. The van der Waals surface area contributed by atoms with Crippen molar-refractivity contribution in [3.8, 4) is 0 Å². The quantitative estimate of drug-likeness (QED) is 0.461. The van der Waals surface area contributed by atoms with E-state index in [1.807, 2.05) is 22.8 Å². The van der Waals surface area contributed by atoms with E-state index in [1.165, 1.54) is 0 Å². The van der Waals surface area contributed by atoms with Gasteiger partial charge < -0.3 is 9.30 Å². The summed E-state index contributed by atoms with van der Waals surface area (Å²) < 4.78 is 11.0. The Labute approximate surface area is 161 Å². The molecular weight excluding hydrogens is 356 g/mol. The average molecular weight is 378 g/mol. The van der Waals surface area contributed by atoms with E-state index in [0.29, 0.717) is 24.8 Å². The molecule has 1 aliphatic rings. The van der Waals surface area contributed by atoms with Crippen molar-refractivity contribution in [3.05, 3.63) is 53.1 Å². The number of pyridine rings is 2. The van der Waals surface area contributed by atoms with Crippen LogP contribution in [0.5, 0.6) is 0 Å². The van der Waals surface area contributed by atoms with Gasteiger partial charge in [0.2, 0.25) is 0 Å². The van der Waals surface area contributed by atoms with Crippen LogP contribution >= 0.6 is 0 Å². The molecule has 0 radical (unpaired) electrons. The minimum absolute atomic E-state index is 0.00829. The van der Waals surface area contributed by atoms with Crippen LogP contribution in [0.25, 0.3) is 22.2 Å². The van der Waals surface area contributed by atoms with Crippen molar-refractivity contribution in [1.29, 1.82) is 0 Å². The summed E-state index contributed by atoms with van der Waals surface area (Å²) in [5.41, 5.74) is 3.48. The highest BCUT2D eigenvalue weighted by molar-refractivity contribution is 5.75. The fourth-order valence-corrected chi connectivity index (χ4v) is 3.85. The van der Waals surface area contributed by atoms with Gasteiger partial charge in [-0.2, -0.15) is 0 Å². The van der Waals surface area contributed by atoms with Gasteiger partial charge in [0.25, 0.3) is 0 Å². The summed E-state index contributed by atoms with van der Waals surface area (Å²) in [4.78, 5) is 26.6. The number of aryl methyl sites for hydroxylation is 1. The van der Waals surface area contributed by atoms with E-state index in [0.717, 1.165) is 48.2 Å². The van der Waals surface area contributed by atoms with Crippen molar-refractivity contribution in [3.63, 3.8) is 0 Å². The second kappa shape index (κ2) is 6.87. The molecule has 1 aliphatic carbocycles. The number of imidazole rings is 2. The highest BCUT2D eigenvalue weighted by Gasteiger charge is 2.29. The van der Waals surface area contributed by atoms with Crippen LogP contribution in [-0.2, 0) is 17.8 Å². The Morgan fingerprint density at radius 2 is 2.04 bits per heavy atom. The highest BCUT2D eigenvalue weighted by Crippen LogP contribution is 2.36. The molecule has 4 aromatic heterocycles. The predicted octanol–water partition coefficient (Wildman–Crippen LogP) is 2.36. The molecule has 0 saturated heterocycles. The molecule has 8 heteroatoms.